The molecule has 0 atom stereocenters. The van der Waals surface area contributed by atoms with Gasteiger partial charge in [-0.25, -0.2) is 0 Å². The van der Waals surface area contributed by atoms with Crippen LogP contribution in [0.2, 0.25) is 10.0 Å². The van der Waals surface area contributed by atoms with Crippen molar-refractivity contribution in [2.24, 2.45) is 0 Å². The van der Waals surface area contributed by atoms with E-state index in [9.17, 15) is 10.1 Å². The van der Waals surface area contributed by atoms with Crippen molar-refractivity contribution in [3.05, 3.63) is 57.6 Å². The molecule has 2 aromatic rings. The average Bonchev–Trinajstić information content (AvgIpc) is 3.04. The lowest BCUT2D eigenvalue weighted by atomic mass is 10.1. The Bertz CT molecular complexity index is 888. The number of halogens is 2. The Balaban J connectivity index is 1.88. The molecule has 1 amide bonds. The molecular formula is C17H10Cl2N2O3. The molecule has 1 aliphatic heterocycles. The largest absolute Gasteiger partial charge is 0.454 e. The number of para-hydroxylation sites is 1. The van der Waals surface area contributed by atoms with Gasteiger partial charge >= 0.3 is 0 Å². The van der Waals surface area contributed by atoms with Crippen molar-refractivity contribution < 1.29 is 14.3 Å². The van der Waals surface area contributed by atoms with E-state index in [0.29, 0.717) is 27.8 Å². The molecule has 0 saturated carbocycles. The number of nitriles is 1. The third-order valence-corrected chi connectivity index (χ3v) is 3.82. The zero-order chi connectivity index (χ0) is 17.1. The summed E-state index contributed by atoms with van der Waals surface area (Å²) in [6.45, 7) is 0.106. The van der Waals surface area contributed by atoms with E-state index in [1.54, 1.807) is 30.3 Å². The first-order valence-electron chi connectivity index (χ1n) is 6.85. The quantitative estimate of drug-likeness (QED) is 0.655. The van der Waals surface area contributed by atoms with Gasteiger partial charge in [-0.15, -0.1) is 0 Å². The lowest BCUT2D eigenvalue weighted by Gasteiger charge is -2.07. The highest BCUT2D eigenvalue weighted by atomic mass is 35.5. The van der Waals surface area contributed by atoms with Crippen molar-refractivity contribution in [2.75, 3.05) is 12.1 Å². The minimum absolute atomic E-state index is 0.0927. The minimum Gasteiger partial charge on any atom is -0.454 e. The Morgan fingerprint density at radius 2 is 2.08 bits per heavy atom. The molecule has 0 saturated heterocycles. The van der Waals surface area contributed by atoms with E-state index in [-0.39, 0.29) is 17.4 Å². The van der Waals surface area contributed by atoms with Gasteiger partial charge < -0.3 is 14.8 Å². The van der Waals surface area contributed by atoms with E-state index in [1.807, 2.05) is 6.07 Å². The van der Waals surface area contributed by atoms with Gasteiger partial charge in [-0.1, -0.05) is 35.3 Å². The van der Waals surface area contributed by atoms with Crippen LogP contribution in [0.3, 0.4) is 0 Å². The maximum absolute atomic E-state index is 12.3. The first kappa shape index (κ1) is 16.2. The zero-order valence-corrected chi connectivity index (χ0v) is 13.7. The number of hydrogen-bond donors (Lipinski definition) is 1. The van der Waals surface area contributed by atoms with Crippen LogP contribution in [0.15, 0.2) is 42.0 Å². The first-order chi connectivity index (χ1) is 11.6. The summed E-state index contributed by atoms with van der Waals surface area (Å²) in [6.07, 6.45) is 1.44. The van der Waals surface area contributed by atoms with E-state index >= 15 is 0 Å². The highest BCUT2D eigenvalue weighted by Crippen LogP contribution is 2.36. The fourth-order valence-corrected chi connectivity index (χ4v) is 2.61. The van der Waals surface area contributed by atoms with Crippen LogP contribution in [-0.2, 0) is 4.79 Å². The second kappa shape index (κ2) is 6.83. The number of nitrogens with zero attached hydrogens (tertiary/aromatic N) is 1. The third kappa shape index (κ3) is 3.30. The second-order valence-electron chi connectivity index (χ2n) is 4.83. The molecule has 5 nitrogen and oxygen atoms in total. The number of hydrogen-bond acceptors (Lipinski definition) is 4. The summed E-state index contributed by atoms with van der Waals surface area (Å²) in [5, 5.41) is 12.6. The predicted octanol–water partition coefficient (Wildman–Crippen LogP) is 4.27. The molecule has 0 fully saturated rings. The number of nitrogens with one attached hydrogen (secondary N) is 1. The van der Waals surface area contributed by atoms with Gasteiger partial charge in [-0.3, -0.25) is 4.79 Å². The van der Waals surface area contributed by atoms with Gasteiger partial charge in [0, 0.05) is 10.6 Å². The van der Waals surface area contributed by atoms with Crippen LogP contribution in [0.1, 0.15) is 5.56 Å². The van der Waals surface area contributed by atoms with Gasteiger partial charge in [0.1, 0.15) is 11.6 Å². The number of carbonyl (C=O) groups excluding carboxylic acids is 1. The summed E-state index contributed by atoms with van der Waals surface area (Å²) in [5.74, 6) is 0.489. The van der Waals surface area contributed by atoms with E-state index in [4.69, 9.17) is 32.7 Å². The van der Waals surface area contributed by atoms with Crippen LogP contribution in [0.25, 0.3) is 6.08 Å². The third-order valence-electron chi connectivity index (χ3n) is 3.27. The maximum atomic E-state index is 12.3. The van der Waals surface area contributed by atoms with Gasteiger partial charge in [0.15, 0.2) is 11.5 Å². The summed E-state index contributed by atoms with van der Waals surface area (Å²) in [5.41, 5.74) is 0.855. The smallest absolute Gasteiger partial charge is 0.266 e. The van der Waals surface area contributed by atoms with Gasteiger partial charge in [-0.2, -0.15) is 5.26 Å². The number of benzene rings is 2. The number of ether oxygens (including phenoxy) is 2. The molecule has 1 aliphatic rings. The van der Waals surface area contributed by atoms with Crippen molar-refractivity contribution in [3.8, 4) is 17.6 Å². The number of carbonyl (C=O) groups is 1. The van der Waals surface area contributed by atoms with Gasteiger partial charge in [0.25, 0.3) is 5.91 Å². The van der Waals surface area contributed by atoms with Gasteiger partial charge in [0.05, 0.1) is 10.7 Å². The minimum atomic E-state index is -0.585. The molecule has 0 bridgehead atoms. The highest BCUT2D eigenvalue weighted by molar-refractivity contribution is 6.36. The number of fused-ring (bicyclic) bond motifs is 1. The normalized spacial score (nSPS) is 12.6. The van der Waals surface area contributed by atoms with Crippen molar-refractivity contribution in [1.82, 2.24) is 0 Å². The molecule has 0 aliphatic carbocycles. The number of rotatable bonds is 3. The molecule has 0 aromatic heterocycles. The number of amides is 1. The molecule has 7 heteroatoms. The van der Waals surface area contributed by atoms with E-state index in [2.05, 4.69) is 5.32 Å². The lowest BCUT2D eigenvalue weighted by Crippen LogP contribution is -2.13. The summed E-state index contributed by atoms with van der Waals surface area (Å²) < 4.78 is 10.6. The van der Waals surface area contributed by atoms with Crippen LogP contribution in [0.5, 0.6) is 11.5 Å². The fraction of sp³-hybridized carbons (Fsp3) is 0.0588. The molecule has 0 spiro atoms. The van der Waals surface area contributed by atoms with Crippen molar-refractivity contribution in [3.63, 3.8) is 0 Å². The van der Waals surface area contributed by atoms with Crippen molar-refractivity contribution in [1.29, 1.82) is 5.26 Å². The molecule has 2 aromatic carbocycles. The topological polar surface area (TPSA) is 71.3 Å². The fourth-order valence-electron chi connectivity index (χ4n) is 2.15. The van der Waals surface area contributed by atoms with Gasteiger partial charge in [-0.05, 0) is 30.3 Å². The molecular weight excluding hydrogens is 351 g/mol. The Hall–Kier alpha value is -2.68. The van der Waals surface area contributed by atoms with E-state index in [0.717, 1.165) is 0 Å². The second-order valence-corrected chi connectivity index (χ2v) is 5.67. The lowest BCUT2D eigenvalue weighted by molar-refractivity contribution is -0.112. The monoisotopic (exact) mass is 360 g/mol. The summed E-state index contributed by atoms with van der Waals surface area (Å²) in [4.78, 5) is 12.3. The zero-order valence-electron chi connectivity index (χ0n) is 12.2. The van der Waals surface area contributed by atoms with Crippen molar-refractivity contribution >= 4 is 40.9 Å². The predicted molar refractivity (Wildman–Crippen MR) is 91.2 cm³/mol. The molecule has 1 N–H and O–H groups in total. The molecule has 24 heavy (non-hydrogen) atoms. The van der Waals surface area contributed by atoms with Crippen LogP contribution in [0, 0.1) is 11.3 Å². The van der Waals surface area contributed by atoms with Crippen LogP contribution < -0.4 is 14.8 Å². The Kier molecular flexibility index (Phi) is 4.61. The Labute approximate surface area is 148 Å². The molecule has 120 valence electrons. The molecule has 1 heterocycles. The Morgan fingerprint density at radius 1 is 1.25 bits per heavy atom. The Morgan fingerprint density at radius 3 is 2.83 bits per heavy atom. The van der Waals surface area contributed by atoms with E-state index < -0.39 is 5.91 Å². The van der Waals surface area contributed by atoms with Crippen LogP contribution in [-0.4, -0.2) is 12.7 Å². The maximum Gasteiger partial charge on any atom is 0.266 e. The standard InChI is InChI=1S/C17H10Cl2N2O3/c18-12-4-5-14(13(19)7-12)21-17(22)11(8-20)6-10-2-1-3-15-16(10)24-9-23-15/h1-7H,9H2,(H,21,22). The summed E-state index contributed by atoms with van der Waals surface area (Å²) >= 11 is 11.8. The molecule has 0 radical (unpaired) electrons. The van der Waals surface area contributed by atoms with Crippen molar-refractivity contribution in [2.45, 2.75) is 0 Å². The summed E-state index contributed by atoms with van der Waals surface area (Å²) in [7, 11) is 0. The van der Waals surface area contributed by atoms with E-state index in [1.165, 1.54) is 12.1 Å². The average molecular weight is 361 g/mol. The summed E-state index contributed by atoms with van der Waals surface area (Å²) in [6, 6.07) is 11.8. The molecule has 3 rings (SSSR count). The van der Waals surface area contributed by atoms with Gasteiger partial charge in [0.2, 0.25) is 6.79 Å². The van der Waals surface area contributed by atoms with Crippen LogP contribution in [0.4, 0.5) is 5.69 Å². The number of anilines is 1. The SMILES string of the molecule is N#CC(=Cc1cccc2c1OCO2)C(=O)Nc1ccc(Cl)cc1Cl. The van der Waals surface area contributed by atoms with Crippen LogP contribution >= 0.6 is 23.2 Å². The highest BCUT2D eigenvalue weighted by Gasteiger charge is 2.18. The first-order valence-corrected chi connectivity index (χ1v) is 7.61. The molecule has 0 unspecified atom stereocenters.